The van der Waals surface area contributed by atoms with Gasteiger partial charge in [-0.05, 0) is 64.2 Å². The van der Waals surface area contributed by atoms with Crippen molar-refractivity contribution in [2.75, 3.05) is 39.3 Å². The van der Waals surface area contributed by atoms with Crippen LogP contribution in [-0.4, -0.2) is 89.0 Å². The highest BCUT2D eigenvalue weighted by Crippen LogP contribution is 2.37. The average molecular weight is 593 g/mol. The maximum atomic E-state index is 13.1. The third-order valence-corrected chi connectivity index (χ3v) is 9.77. The smallest absolute Gasteiger partial charge is 0.411 e. The molecule has 1 aliphatic carbocycles. The molecule has 4 fully saturated rings. The van der Waals surface area contributed by atoms with Gasteiger partial charge in [0.15, 0.2) is 11.4 Å². The maximum Gasteiger partial charge on any atom is 0.411 e. The largest absolute Gasteiger partial charge is 0.441 e. The Labute approximate surface area is 254 Å². The fourth-order valence-electron chi connectivity index (χ4n) is 7.03. The van der Waals surface area contributed by atoms with Crippen molar-refractivity contribution >= 4 is 23.9 Å². The molecule has 0 aromatic heterocycles. The van der Waals surface area contributed by atoms with E-state index in [1.807, 2.05) is 46.2 Å². The van der Waals surface area contributed by atoms with Gasteiger partial charge in [0.25, 0.3) is 0 Å². The van der Waals surface area contributed by atoms with Gasteiger partial charge in [-0.15, -0.1) is 0 Å². The summed E-state index contributed by atoms with van der Waals surface area (Å²) in [6.45, 7) is 6.42. The first kappa shape index (κ1) is 30.8. The van der Waals surface area contributed by atoms with Gasteiger partial charge in [-0.1, -0.05) is 30.3 Å². The van der Waals surface area contributed by atoms with E-state index >= 15 is 0 Å². The number of hydrogen-bond acceptors (Lipinski definition) is 7. The second kappa shape index (κ2) is 12.9. The zero-order chi connectivity index (χ0) is 30.6. The zero-order valence-corrected chi connectivity index (χ0v) is 25.5. The minimum Gasteiger partial charge on any atom is -0.441 e. The first-order valence-electron chi connectivity index (χ1n) is 15.8. The number of likely N-dealkylation sites (tertiary alicyclic amines) is 2. The van der Waals surface area contributed by atoms with Crippen molar-refractivity contribution in [3.8, 4) is 6.07 Å². The Morgan fingerprint density at radius 2 is 1.58 bits per heavy atom. The van der Waals surface area contributed by atoms with Gasteiger partial charge in [-0.2, -0.15) is 5.26 Å². The number of piperidine rings is 2. The number of ether oxygens (including phenoxy) is 2. The van der Waals surface area contributed by atoms with E-state index in [0.29, 0.717) is 70.4 Å². The quantitative estimate of drug-likeness (QED) is 0.407. The molecule has 1 aromatic carbocycles. The topological polar surface area (TPSA) is 120 Å². The number of carbonyl (C=O) groups is 4. The Hall–Kier alpha value is -3.61. The van der Waals surface area contributed by atoms with Crippen LogP contribution in [0, 0.1) is 29.1 Å². The molecule has 1 saturated carbocycles. The normalized spacial score (nSPS) is 24.4. The molecule has 5 rings (SSSR count). The second-order valence-corrected chi connectivity index (χ2v) is 13.4. The Bertz CT molecular complexity index is 1220. The predicted molar refractivity (Wildman–Crippen MR) is 158 cm³/mol. The van der Waals surface area contributed by atoms with Crippen LogP contribution in [0.5, 0.6) is 0 Å². The van der Waals surface area contributed by atoms with Crippen LogP contribution in [0.25, 0.3) is 0 Å². The number of hydrogen-bond donors (Lipinski definition) is 0. The Kier molecular flexibility index (Phi) is 9.28. The summed E-state index contributed by atoms with van der Waals surface area (Å²) in [5.74, 6) is 1.12. The summed E-state index contributed by atoms with van der Waals surface area (Å²) in [5, 5.41) is 9.13. The van der Waals surface area contributed by atoms with E-state index in [4.69, 9.17) is 14.7 Å². The molecule has 10 heteroatoms. The fourth-order valence-corrected chi connectivity index (χ4v) is 7.03. The molecule has 43 heavy (non-hydrogen) atoms. The van der Waals surface area contributed by atoms with E-state index in [2.05, 4.69) is 0 Å². The fraction of sp³-hybridized carbons (Fsp3) is 0.667. The van der Waals surface area contributed by atoms with Crippen molar-refractivity contribution in [2.45, 2.75) is 82.8 Å². The number of nitrogens with zero attached hydrogens (tertiary/aromatic N) is 4. The highest BCUT2D eigenvalue weighted by atomic mass is 16.6. The molecule has 10 nitrogen and oxygen atoms in total. The van der Waals surface area contributed by atoms with Crippen LogP contribution in [0.15, 0.2) is 30.3 Å². The van der Waals surface area contributed by atoms with Crippen molar-refractivity contribution in [3.05, 3.63) is 35.9 Å². The van der Waals surface area contributed by atoms with Crippen LogP contribution in [-0.2, 0) is 14.3 Å². The molecule has 0 bridgehead atoms. The Morgan fingerprint density at radius 3 is 2.21 bits per heavy atom. The lowest BCUT2D eigenvalue weighted by Gasteiger charge is -2.37. The molecule has 0 unspecified atom stereocenters. The van der Waals surface area contributed by atoms with Crippen molar-refractivity contribution in [1.82, 2.24) is 14.7 Å². The number of amides is 3. The Balaban J connectivity index is 1.01. The van der Waals surface area contributed by atoms with E-state index in [1.54, 1.807) is 18.7 Å². The van der Waals surface area contributed by atoms with E-state index < -0.39 is 17.3 Å². The van der Waals surface area contributed by atoms with Crippen molar-refractivity contribution in [1.29, 1.82) is 5.26 Å². The lowest BCUT2D eigenvalue weighted by Crippen LogP contribution is -2.50. The van der Waals surface area contributed by atoms with Gasteiger partial charge >= 0.3 is 12.2 Å². The number of carbonyl (C=O) groups excluding carboxylic acids is 4. The monoisotopic (exact) mass is 592 g/mol. The van der Waals surface area contributed by atoms with Crippen molar-refractivity contribution in [2.24, 2.45) is 17.8 Å². The lowest BCUT2D eigenvalue weighted by atomic mass is 9.79. The highest BCUT2D eigenvalue weighted by Gasteiger charge is 2.48. The Morgan fingerprint density at radius 1 is 0.953 bits per heavy atom. The summed E-state index contributed by atoms with van der Waals surface area (Å²) in [6.07, 6.45) is 6.22. The molecule has 1 aromatic rings. The minimum absolute atomic E-state index is 0.0100. The molecule has 3 amide bonds. The highest BCUT2D eigenvalue weighted by molar-refractivity contribution is 5.98. The number of ketones is 1. The molecular formula is C33H44N4O6. The summed E-state index contributed by atoms with van der Waals surface area (Å²) in [7, 11) is 0. The molecule has 0 radical (unpaired) electrons. The molecular weight excluding hydrogens is 548 g/mol. The van der Waals surface area contributed by atoms with Crippen molar-refractivity contribution in [3.63, 3.8) is 0 Å². The number of Topliss-reactive ketones (excluding diaryl/α,β-unsaturated/α-hetero) is 1. The summed E-state index contributed by atoms with van der Waals surface area (Å²) in [6, 6.07) is 11.4. The molecule has 0 N–H and O–H groups in total. The lowest BCUT2D eigenvalue weighted by molar-refractivity contribution is -0.133. The van der Waals surface area contributed by atoms with E-state index in [0.717, 1.165) is 44.1 Å². The molecule has 3 heterocycles. The number of rotatable bonds is 7. The van der Waals surface area contributed by atoms with Gasteiger partial charge in [-0.3, -0.25) is 9.59 Å². The van der Waals surface area contributed by atoms with Gasteiger partial charge in [-0.25, -0.2) is 9.59 Å². The molecule has 3 aliphatic heterocycles. The summed E-state index contributed by atoms with van der Waals surface area (Å²) in [4.78, 5) is 56.4. The van der Waals surface area contributed by atoms with E-state index in [1.165, 1.54) is 0 Å². The van der Waals surface area contributed by atoms with Gasteiger partial charge < -0.3 is 24.2 Å². The van der Waals surface area contributed by atoms with Crippen LogP contribution in [0.2, 0.25) is 0 Å². The predicted octanol–water partition coefficient (Wildman–Crippen LogP) is 5.03. The SMILES string of the molecule is CC(C)(C#N)OC(=O)N1CCC2(CC1)CN(CC1CCC(CC(=O)N3CCC(C(=O)c4ccccc4)CC3)CC1)C(=O)O2. The van der Waals surface area contributed by atoms with Gasteiger partial charge in [0.2, 0.25) is 5.91 Å². The van der Waals surface area contributed by atoms with E-state index in [-0.39, 0.29) is 23.7 Å². The van der Waals surface area contributed by atoms with Gasteiger partial charge in [0, 0.05) is 63.5 Å². The summed E-state index contributed by atoms with van der Waals surface area (Å²) in [5.41, 5.74) is -1.01. The van der Waals surface area contributed by atoms with Crippen LogP contribution < -0.4 is 0 Å². The first-order valence-corrected chi connectivity index (χ1v) is 15.8. The van der Waals surface area contributed by atoms with Gasteiger partial charge in [0.05, 0.1) is 6.54 Å². The number of benzene rings is 1. The second-order valence-electron chi connectivity index (χ2n) is 13.4. The zero-order valence-electron chi connectivity index (χ0n) is 25.5. The third-order valence-electron chi connectivity index (χ3n) is 9.77. The van der Waals surface area contributed by atoms with E-state index in [9.17, 15) is 19.2 Å². The average Bonchev–Trinajstić information content (AvgIpc) is 3.31. The van der Waals surface area contributed by atoms with Crippen LogP contribution >= 0.6 is 0 Å². The molecule has 1 spiro atoms. The summed E-state index contributed by atoms with van der Waals surface area (Å²) >= 11 is 0. The summed E-state index contributed by atoms with van der Waals surface area (Å²) < 4.78 is 11.2. The molecule has 232 valence electrons. The minimum atomic E-state index is -1.18. The first-order chi connectivity index (χ1) is 20.6. The number of nitriles is 1. The molecule has 4 aliphatic rings. The van der Waals surface area contributed by atoms with Gasteiger partial charge in [0.1, 0.15) is 11.7 Å². The molecule has 0 atom stereocenters. The van der Waals surface area contributed by atoms with Crippen molar-refractivity contribution < 1.29 is 28.7 Å². The third kappa shape index (κ3) is 7.49. The van der Waals surface area contributed by atoms with Crippen LogP contribution in [0.3, 0.4) is 0 Å². The van der Waals surface area contributed by atoms with Crippen LogP contribution in [0.4, 0.5) is 9.59 Å². The molecule has 3 saturated heterocycles. The maximum absolute atomic E-state index is 13.1. The van der Waals surface area contributed by atoms with Crippen LogP contribution in [0.1, 0.15) is 82.0 Å². The standard InChI is InChI=1S/C33H44N4O6/c1-32(2,22-34)42-30(40)36-18-14-33(15-19-36)23-37(31(41)43-33)21-25-10-8-24(9-11-25)20-28(38)35-16-12-27(13-17-35)29(39)26-6-4-3-5-7-26/h3-7,24-25,27H,8-21,23H2,1-2H3.